The number of aromatic nitrogens is 2. The number of aliphatic hydroxyl groups excluding tert-OH is 1. The molecule has 3 aromatic rings. The molecular formula is C22H22Cl2N4O3. The summed E-state index contributed by atoms with van der Waals surface area (Å²) >= 11 is 12.2. The van der Waals surface area contributed by atoms with Gasteiger partial charge in [-0.05, 0) is 42.7 Å². The summed E-state index contributed by atoms with van der Waals surface area (Å²) in [7, 11) is 0. The van der Waals surface area contributed by atoms with Crippen LogP contribution in [0.15, 0.2) is 42.5 Å². The van der Waals surface area contributed by atoms with Crippen LogP contribution in [0.1, 0.15) is 28.9 Å². The van der Waals surface area contributed by atoms with Crippen molar-refractivity contribution in [1.82, 2.24) is 20.2 Å². The lowest BCUT2D eigenvalue weighted by molar-refractivity contribution is -0.135. The molecule has 1 fully saturated rings. The van der Waals surface area contributed by atoms with E-state index in [2.05, 4.69) is 15.3 Å². The summed E-state index contributed by atoms with van der Waals surface area (Å²) < 4.78 is 0. The number of pyridine rings is 1. The molecule has 2 amide bonds. The van der Waals surface area contributed by atoms with Gasteiger partial charge in [-0.3, -0.25) is 9.59 Å². The molecule has 1 atom stereocenters. The molecule has 7 nitrogen and oxygen atoms in total. The van der Waals surface area contributed by atoms with Crippen LogP contribution >= 0.6 is 23.2 Å². The number of halogens is 2. The summed E-state index contributed by atoms with van der Waals surface area (Å²) in [6, 6.07) is 11.4. The number of H-pyrrole nitrogens is 1. The van der Waals surface area contributed by atoms with Gasteiger partial charge in [0.15, 0.2) is 0 Å². The van der Waals surface area contributed by atoms with Crippen LogP contribution in [0.3, 0.4) is 0 Å². The minimum absolute atomic E-state index is 0.197. The molecule has 2 aromatic heterocycles. The first-order valence-electron chi connectivity index (χ1n) is 10.1. The number of aromatic amines is 1. The van der Waals surface area contributed by atoms with Crippen LogP contribution in [0.5, 0.6) is 0 Å². The smallest absolute Gasteiger partial charge is 0.268 e. The average Bonchev–Trinajstić information content (AvgIpc) is 3.18. The van der Waals surface area contributed by atoms with Crippen molar-refractivity contribution in [3.05, 3.63) is 63.9 Å². The Morgan fingerprint density at radius 3 is 2.68 bits per heavy atom. The Morgan fingerprint density at radius 1 is 1.19 bits per heavy atom. The van der Waals surface area contributed by atoms with Gasteiger partial charge in [0.1, 0.15) is 16.9 Å². The van der Waals surface area contributed by atoms with E-state index in [-0.39, 0.29) is 18.0 Å². The van der Waals surface area contributed by atoms with E-state index in [9.17, 15) is 14.7 Å². The van der Waals surface area contributed by atoms with Crippen molar-refractivity contribution in [3.63, 3.8) is 0 Å². The predicted molar refractivity (Wildman–Crippen MR) is 119 cm³/mol. The van der Waals surface area contributed by atoms with Crippen molar-refractivity contribution in [2.75, 3.05) is 13.1 Å². The van der Waals surface area contributed by atoms with Crippen LogP contribution in [0, 0.1) is 0 Å². The molecule has 1 aliphatic heterocycles. The molecule has 1 saturated heterocycles. The van der Waals surface area contributed by atoms with E-state index in [4.69, 9.17) is 23.2 Å². The van der Waals surface area contributed by atoms with Gasteiger partial charge in [0.25, 0.3) is 5.91 Å². The number of carbonyl (C=O) groups excluding carboxylic acids is 2. The van der Waals surface area contributed by atoms with Gasteiger partial charge in [0.05, 0.1) is 17.1 Å². The zero-order valence-electron chi connectivity index (χ0n) is 16.6. The molecule has 0 spiro atoms. The molecule has 0 bridgehead atoms. The SMILES string of the molecule is O=C(N[C@@H](Cc1ccccc1Cl)C(=O)N1CCC(O)CC1)c1cc2nc(Cl)ccc2[nH]1. The highest BCUT2D eigenvalue weighted by Crippen LogP contribution is 2.20. The lowest BCUT2D eigenvalue weighted by Crippen LogP contribution is -2.52. The number of nitrogens with one attached hydrogen (secondary N) is 2. The standard InChI is InChI=1S/C22H22Cl2N4O3/c23-15-4-2-1-3-13(15)11-19(22(31)28-9-7-14(29)8-10-28)27-21(30)18-12-17-16(25-18)5-6-20(24)26-17/h1-6,12,14,19,25,29H,7-11H2,(H,27,30)/t19-/m0/s1. The molecule has 1 aromatic carbocycles. The first kappa shape index (κ1) is 21.6. The monoisotopic (exact) mass is 460 g/mol. The number of aliphatic hydroxyl groups is 1. The normalized spacial score (nSPS) is 15.8. The Hall–Kier alpha value is -2.61. The van der Waals surface area contributed by atoms with Gasteiger partial charge < -0.3 is 20.3 Å². The van der Waals surface area contributed by atoms with Crippen molar-refractivity contribution in [1.29, 1.82) is 0 Å². The van der Waals surface area contributed by atoms with Crippen molar-refractivity contribution < 1.29 is 14.7 Å². The van der Waals surface area contributed by atoms with Crippen LogP contribution in [0.25, 0.3) is 11.0 Å². The number of benzene rings is 1. The Labute approximate surface area is 189 Å². The molecule has 1 aliphatic rings. The van der Waals surface area contributed by atoms with Crippen molar-refractivity contribution in [2.24, 2.45) is 0 Å². The van der Waals surface area contributed by atoms with E-state index in [1.54, 1.807) is 29.2 Å². The van der Waals surface area contributed by atoms with E-state index in [0.717, 1.165) is 5.56 Å². The number of fused-ring (bicyclic) bond motifs is 1. The third-order valence-corrected chi connectivity index (χ3v) is 6.03. The lowest BCUT2D eigenvalue weighted by atomic mass is 10.0. The Morgan fingerprint density at radius 2 is 1.94 bits per heavy atom. The Balaban J connectivity index is 1.57. The summed E-state index contributed by atoms with van der Waals surface area (Å²) in [6.45, 7) is 0.896. The minimum Gasteiger partial charge on any atom is -0.393 e. The van der Waals surface area contributed by atoms with E-state index < -0.39 is 18.1 Å². The van der Waals surface area contributed by atoms with Crippen molar-refractivity contribution in [2.45, 2.75) is 31.4 Å². The number of nitrogens with zero attached hydrogens (tertiary/aromatic N) is 2. The number of rotatable bonds is 5. The van der Waals surface area contributed by atoms with Crippen LogP contribution < -0.4 is 5.32 Å². The average molecular weight is 461 g/mol. The highest BCUT2D eigenvalue weighted by molar-refractivity contribution is 6.31. The molecule has 162 valence electrons. The third-order valence-electron chi connectivity index (χ3n) is 5.45. The fourth-order valence-corrected chi connectivity index (χ4v) is 4.10. The largest absolute Gasteiger partial charge is 0.393 e. The van der Waals surface area contributed by atoms with Crippen LogP contribution in [0.2, 0.25) is 10.2 Å². The zero-order valence-corrected chi connectivity index (χ0v) is 18.2. The lowest BCUT2D eigenvalue weighted by Gasteiger charge is -2.32. The number of hydrogen-bond donors (Lipinski definition) is 3. The first-order chi connectivity index (χ1) is 14.9. The Bertz CT molecular complexity index is 1110. The van der Waals surface area contributed by atoms with Crippen molar-refractivity contribution in [3.8, 4) is 0 Å². The second-order valence-corrected chi connectivity index (χ2v) is 8.42. The summed E-state index contributed by atoms with van der Waals surface area (Å²) in [5.41, 5.74) is 2.30. The molecule has 9 heteroatoms. The number of piperidine rings is 1. The van der Waals surface area contributed by atoms with Crippen LogP contribution in [-0.2, 0) is 11.2 Å². The molecule has 0 unspecified atom stereocenters. The number of amides is 2. The molecule has 3 N–H and O–H groups in total. The quantitative estimate of drug-likeness (QED) is 0.509. The topological polar surface area (TPSA) is 98.3 Å². The second kappa shape index (κ2) is 9.26. The maximum absolute atomic E-state index is 13.3. The van der Waals surface area contributed by atoms with Gasteiger partial charge in [-0.1, -0.05) is 41.4 Å². The number of hydrogen-bond acceptors (Lipinski definition) is 4. The fraction of sp³-hybridized carbons (Fsp3) is 0.318. The minimum atomic E-state index is -0.800. The summed E-state index contributed by atoms with van der Waals surface area (Å²) in [6.07, 6.45) is 0.902. The highest BCUT2D eigenvalue weighted by atomic mass is 35.5. The second-order valence-electron chi connectivity index (χ2n) is 7.63. The van der Waals surface area contributed by atoms with E-state index in [1.807, 2.05) is 18.2 Å². The fourth-order valence-electron chi connectivity index (χ4n) is 3.73. The van der Waals surface area contributed by atoms with E-state index >= 15 is 0 Å². The van der Waals surface area contributed by atoms with E-state index in [1.165, 1.54) is 0 Å². The molecule has 0 radical (unpaired) electrons. The van der Waals surface area contributed by atoms with Gasteiger partial charge in [0, 0.05) is 24.5 Å². The first-order valence-corrected chi connectivity index (χ1v) is 10.8. The van der Waals surface area contributed by atoms with E-state index in [0.29, 0.717) is 47.1 Å². The van der Waals surface area contributed by atoms with Crippen LogP contribution in [-0.4, -0.2) is 57.0 Å². The summed E-state index contributed by atoms with van der Waals surface area (Å²) in [4.78, 5) is 35.1. The molecule has 4 rings (SSSR count). The maximum atomic E-state index is 13.3. The van der Waals surface area contributed by atoms with Gasteiger partial charge in [0.2, 0.25) is 5.91 Å². The third kappa shape index (κ3) is 5.01. The number of likely N-dealkylation sites (tertiary alicyclic amines) is 1. The van der Waals surface area contributed by atoms with Crippen molar-refractivity contribution >= 4 is 46.0 Å². The van der Waals surface area contributed by atoms with Crippen LogP contribution in [0.4, 0.5) is 0 Å². The maximum Gasteiger partial charge on any atom is 0.268 e. The molecule has 31 heavy (non-hydrogen) atoms. The molecule has 3 heterocycles. The number of carbonyl (C=O) groups is 2. The molecule has 0 aliphatic carbocycles. The Kier molecular flexibility index (Phi) is 6.46. The predicted octanol–water partition coefficient (Wildman–Crippen LogP) is 3.19. The molecular weight excluding hydrogens is 439 g/mol. The van der Waals surface area contributed by atoms with Gasteiger partial charge in [-0.2, -0.15) is 0 Å². The van der Waals surface area contributed by atoms with Gasteiger partial charge in [-0.15, -0.1) is 0 Å². The molecule has 0 saturated carbocycles. The highest BCUT2D eigenvalue weighted by Gasteiger charge is 2.30. The van der Waals surface area contributed by atoms with Gasteiger partial charge >= 0.3 is 0 Å². The summed E-state index contributed by atoms with van der Waals surface area (Å²) in [5.74, 6) is -0.617. The zero-order chi connectivity index (χ0) is 22.0. The summed E-state index contributed by atoms with van der Waals surface area (Å²) in [5, 5.41) is 13.5. The van der Waals surface area contributed by atoms with Gasteiger partial charge in [-0.25, -0.2) is 4.98 Å².